The Labute approximate surface area is 382 Å². The highest BCUT2D eigenvalue weighted by Gasteiger charge is 2.55. The van der Waals surface area contributed by atoms with Gasteiger partial charge in [-0.1, -0.05) is 145 Å². The molecule has 0 saturated carbocycles. The number of ether oxygens (including phenoxy) is 1. The van der Waals surface area contributed by atoms with Gasteiger partial charge in [-0.3, -0.25) is 16.0 Å². The molecule has 2 saturated heterocycles. The number of rotatable bonds is 6. The molecule has 324 valence electrons. The summed E-state index contributed by atoms with van der Waals surface area (Å²) in [5.41, 5.74) is 12.2. The van der Waals surface area contributed by atoms with Crippen LogP contribution in [-0.2, 0) is 4.74 Å². The third kappa shape index (κ3) is 6.52. The molecule has 7 nitrogen and oxygen atoms in total. The summed E-state index contributed by atoms with van der Waals surface area (Å²) in [4.78, 5) is 2.84. The molecule has 7 heteroatoms. The quantitative estimate of drug-likeness (QED) is 0.168. The second-order valence-electron chi connectivity index (χ2n) is 19.5. The standard InChI is InChI=1S/C58H56N6O/c59-35-40-33-46(58-61-56(37-18-5-2-6-19-37)60-57(62-58)39-21-15-20-38(32-39)36-16-3-1-4-17-36)51(34-50(40)63-47-26-11-7-22-41(47)42-23-8-12-27-48(42)63)64-49-28-13-9-24-43(49)44-30-31-53-54(55(44)64)45-25-10-14-29-52(45)65-53/h2-3,5-8,10-14,16,18-19,21-23,25-33,36,43,45,49,51-54,56-58,60-62H,1,4,9,15,17,20,24,34H2. The number of nitrogens with zero attached hydrogens (tertiary/aromatic N) is 3. The predicted octanol–water partition coefficient (Wildman–Crippen LogP) is 11.0. The molecule has 65 heavy (non-hydrogen) atoms. The van der Waals surface area contributed by atoms with E-state index in [1.165, 1.54) is 58.0 Å². The second kappa shape index (κ2) is 16.2. The molecule has 3 aromatic carbocycles. The molecule has 4 heterocycles. The fourth-order valence-electron chi connectivity index (χ4n) is 13.2. The van der Waals surface area contributed by atoms with Crippen LogP contribution in [0.4, 0.5) is 0 Å². The van der Waals surface area contributed by atoms with E-state index in [2.05, 4.69) is 189 Å². The van der Waals surface area contributed by atoms with Crippen LogP contribution < -0.4 is 16.0 Å². The van der Waals surface area contributed by atoms with E-state index < -0.39 is 0 Å². The van der Waals surface area contributed by atoms with Crippen molar-refractivity contribution in [1.82, 2.24) is 25.4 Å². The number of hydrogen-bond donors (Lipinski definition) is 3. The number of benzene rings is 3. The number of aromatic nitrogens is 1. The smallest absolute Gasteiger partial charge is 0.101 e. The van der Waals surface area contributed by atoms with E-state index in [4.69, 9.17) is 4.74 Å². The summed E-state index contributed by atoms with van der Waals surface area (Å²) < 4.78 is 9.30. The Morgan fingerprint density at radius 1 is 0.708 bits per heavy atom. The number of para-hydroxylation sites is 2. The van der Waals surface area contributed by atoms with E-state index in [0.29, 0.717) is 18.3 Å². The van der Waals surface area contributed by atoms with Crippen LogP contribution in [0.2, 0.25) is 0 Å². The van der Waals surface area contributed by atoms with Crippen LogP contribution in [0.25, 0.3) is 27.5 Å². The van der Waals surface area contributed by atoms with Gasteiger partial charge in [0.05, 0.1) is 59.4 Å². The first-order valence-electron chi connectivity index (χ1n) is 24.3. The Kier molecular flexibility index (Phi) is 9.78. The van der Waals surface area contributed by atoms with Gasteiger partial charge >= 0.3 is 0 Å². The Morgan fingerprint density at radius 2 is 1.48 bits per heavy atom. The molecule has 4 aromatic rings. The average molecular weight is 853 g/mol. The summed E-state index contributed by atoms with van der Waals surface area (Å²) in [5.74, 6) is 1.35. The normalized spacial score (nSPS) is 33.7. The fourth-order valence-corrected chi connectivity index (χ4v) is 13.2. The van der Waals surface area contributed by atoms with Gasteiger partial charge in [0.15, 0.2) is 0 Å². The zero-order chi connectivity index (χ0) is 43.0. The Hall–Kier alpha value is -6.01. The highest BCUT2D eigenvalue weighted by Crippen LogP contribution is 2.55. The van der Waals surface area contributed by atoms with Crippen molar-refractivity contribution in [2.45, 2.75) is 94.2 Å². The molecular weight excluding hydrogens is 797 g/mol. The van der Waals surface area contributed by atoms with Crippen LogP contribution in [0.1, 0.15) is 63.1 Å². The maximum atomic E-state index is 11.4. The van der Waals surface area contributed by atoms with Crippen molar-refractivity contribution < 1.29 is 4.74 Å². The molecule has 11 unspecified atom stereocenters. The van der Waals surface area contributed by atoms with Gasteiger partial charge in [-0.2, -0.15) is 5.26 Å². The summed E-state index contributed by atoms with van der Waals surface area (Å²) in [7, 11) is 0. The number of nitrogens with one attached hydrogen (secondary N) is 3. The van der Waals surface area contributed by atoms with Gasteiger partial charge in [0.1, 0.15) is 6.07 Å². The Balaban J connectivity index is 0.993. The molecule has 0 bridgehead atoms. The average Bonchev–Trinajstić information content (AvgIpc) is 4.04. The monoisotopic (exact) mass is 852 g/mol. The predicted molar refractivity (Wildman–Crippen MR) is 260 cm³/mol. The van der Waals surface area contributed by atoms with Crippen LogP contribution >= 0.6 is 0 Å². The van der Waals surface area contributed by atoms with Gasteiger partial charge in [0.25, 0.3) is 0 Å². The minimum Gasteiger partial charge on any atom is -0.365 e. The SMILES string of the molecule is N#CC1=C(n2c3ccccc3c3ccccc32)CC(N2C3=C(C=CC4OC5C=CC=CC5C34)C3CCC=CC32)C(C2NC(C3=CCCC(C4C=CCCC4)=C3)NC(c3ccccc3)N2)=C1. The Morgan fingerprint density at radius 3 is 2.29 bits per heavy atom. The van der Waals surface area contributed by atoms with Gasteiger partial charge in [0, 0.05) is 46.3 Å². The fraction of sp³-hybridized carbons (Fsp3) is 0.328. The van der Waals surface area contributed by atoms with Gasteiger partial charge in [-0.05, 0) is 91.4 Å². The van der Waals surface area contributed by atoms with Crippen molar-refractivity contribution in [3.63, 3.8) is 0 Å². The summed E-state index contributed by atoms with van der Waals surface area (Å²) >= 11 is 0. The van der Waals surface area contributed by atoms with Crippen LogP contribution in [0.15, 0.2) is 191 Å². The van der Waals surface area contributed by atoms with E-state index in [0.717, 1.165) is 48.0 Å². The highest BCUT2D eigenvalue weighted by atomic mass is 16.5. The van der Waals surface area contributed by atoms with Crippen LogP contribution in [-0.4, -0.2) is 46.1 Å². The molecule has 0 spiro atoms. The molecule has 1 aromatic heterocycles. The number of nitriles is 1. The van der Waals surface area contributed by atoms with E-state index in [1.54, 1.807) is 5.57 Å². The molecule has 3 aliphatic heterocycles. The highest BCUT2D eigenvalue weighted by molar-refractivity contribution is 6.10. The minimum absolute atomic E-state index is 0.000948. The van der Waals surface area contributed by atoms with E-state index in [1.807, 2.05) is 0 Å². The first-order chi connectivity index (χ1) is 32.2. The van der Waals surface area contributed by atoms with Crippen molar-refractivity contribution >= 4 is 27.5 Å². The topological polar surface area (TPSA) is 77.3 Å². The molecule has 11 atom stereocenters. The molecule has 13 rings (SSSR count). The van der Waals surface area contributed by atoms with Crippen LogP contribution in [0.3, 0.4) is 0 Å². The lowest BCUT2D eigenvalue weighted by Gasteiger charge is -2.48. The summed E-state index contributed by atoms with van der Waals surface area (Å²) in [6, 6.07) is 31.2. The van der Waals surface area contributed by atoms with Gasteiger partial charge in [-0.15, -0.1) is 0 Å². The van der Waals surface area contributed by atoms with E-state index >= 15 is 0 Å². The van der Waals surface area contributed by atoms with Crippen molar-refractivity contribution in [3.05, 3.63) is 197 Å². The van der Waals surface area contributed by atoms with Gasteiger partial charge < -0.3 is 14.2 Å². The van der Waals surface area contributed by atoms with Crippen molar-refractivity contribution in [3.8, 4) is 6.07 Å². The molecule has 3 N–H and O–H groups in total. The Bertz CT molecular complexity index is 2890. The molecule has 0 amide bonds. The second-order valence-corrected chi connectivity index (χ2v) is 19.5. The van der Waals surface area contributed by atoms with E-state index in [9.17, 15) is 5.26 Å². The van der Waals surface area contributed by atoms with Crippen molar-refractivity contribution in [2.75, 3.05) is 0 Å². The molecular formula is C58H56N6O. The minimum atomic E-state index is -0.246. The van der Waals surface area contributed by atoms with Crippen LogP contribution in [0.5, 0.6) is 0 Å². The molecule has 0 radical (unpaired) electrons. The first-order valence-corrected chi connectivity index (χ1v) is 24.3. The summed E-state index contributed by atoms with van der Waals surface area (Å²) in [6.45, 7) is 0. The first kappa shape index (κ1) is 39.4. The van der Waals surface area contributed by atoms with Crippen LogP contribution in [0, 0.1) is 35.0 Å². The lowest BCUT2D eigenvalue weighted by Crippen LogP contribution is -2.66. The van der Waals surface area contributed by atoms with Gasteiger partial charge in [0.2, 0.25) is 0 Å². The lowest BCUT2D eigenvalue weighted by atomic mass is 9.76. The number of allylic oxidation sites excluding steroid dienone is 10. The zero-order valence-electron chi connectivity index (χ0n) is 36.8. The zero-order valence-corrected chi connectivity index (χ0v) is 36.8. The lowest BCUT2D eigenvalue weighted by molar-refractivity contribution is 0.0831. The van der Waals surface area contributed by atoms with E-state index in [-0.39, 0.29) is 54.6 Å². The molecule has 6 aliphatic carbocycles. The maximum Gasteiger partial charge on any atom is 0.101 e. The number of fused-ring (bicyclic) bond motifs is 9. The largest absolute Gasteiger partial charge is 0.365 e. The summed E-state index contributed by atoms with van der Waals surface area (Å²) in [6.07, 6.45) is 39.1. The summed E-state index contributed by atoms with van der Waals surface area (Å²) in [5, 5.41) is 26.2. The third-order valence-corrected chi connectivity index (χ3v) is 16.1. The third-order valence-electron chi connectivity index (χ3n) is 16.1. The maximum absolute atomic E-state index is 11.4. The van der Waals surface area contributed by atoms with Crippen molar-refractivity contribution in [2.24, 2.45) is 23.7 Å². The molecule has 2 fully saturated rings. The number of hydrogen-bond acceptors (Lipinski definition) is 6. The molecule has 9 aliphatic rings. The van der Waals surface area contributed by atoms with Crippen molar-refractivity contribution in [1.29, 1.82) is 5.26 Å². The van der Waals surface area contributed by atoms with Gasteiger partial charge in [-0.25, -0.2) is 0 Å².